The molecular formula is C15H22FN3O3S. The van der Waals surface area contributed by atoms with Crippen LogP contribution in [0.15, 0.2) is 23.1 Å². The number of hydrogen-bond donors (Lipinski definition) is 2. The lowest BCUT2D eigenvalue weighted by Crippen LogP contribution is -2.46. The van der Waals surface area contributed by atoms with E-state index in [4.69, 9.17) is 5.73 Å². The number of piperidine rings is 1. The Bertz CT molecular complexity index is 679. The first-order valence-corrected chi connectivity index (χ1v) is 9.05. The highest BCUT2D eigenvalue weighted by Crippen LogP contribution is 2.26. The lowest BCUT2D eigenvalue weighted by Gasteiger charge is -2.31. The number of halogens is 1. The lowest BCUT2D eigenvalue weighted by atomic mass is 9.99. The van der Waals surface area contributed by atoms with Gasteiger partial charge >= 0.3 is 0 Å². The molecule has 1 heterocycles. The molecular weight excluding hydrogens is 321 g/mol. The summed E-state index contributed by atoms with van der Waals surface area (Å²) in [6.45, 7) is 2.58. The van der Waals surface area contributed by atoms with Gasteiger partial charge in [0.05, 0.1) is 10.8 Å². The number of nitrogens with two attached hydrogens (primary N) is 1. The monoisotopic (exact) mass is 343 g/mol. The van der Waals surface area contributed by atoms with E-state index in [9.17, 15) is 17.6 Å². The highest BCUT2D eigenvalue weighted by atomic mass is 32.2. The van der Waals surface area contributed by atoms with E-state index >= 15 is 0 Å². The summed E-state index contributed by atoms with van der Waals surface area (Å²) in [4.78, 5) is 12.0. The normalized spacial score (nSPS) is 19.5. The van der Waals surface area contributed by atoms with Gasteiger partial charge in [-0.25, -0.2) is 12.8 Å². The molecule has 0 bridgehead atoms. The largest absolute Gasteiger partial charge is 0.355 e. The Morgan fingerprint density at radius 3 is 2.91 bits per heavy atom. The van der Waals surface area contributed by atoms with Crippen molar-refractivity contribution in [1.29, 1.82) is 0 Å². The molecule has 0 radical (unpaired) electrons. The second-order valence-electron chi connectivity index (χ2n) is 5.64. The van der Waals surface area contributed by atoms with E-state index in [1.807, 2.05) is 0 Å². The van der Waals surface area contributed by atoms with Crippen molar-refractivity contribution in [1.82, 2.24) is 9.62 Å². The van der Waals surface area contributed by atoms with Crippen molar-refractivity contribution in [3.05, 3.63) is 29.6 Å². The molecule has 2 rings (SSSR count). The van der Waals surface area contributed by atoms with E-state index in [-0.39, 0.29) is 22.9 Å². The minimum Gasteiger partial charge on any atom is -0.355 e. The zero-order valence-electron chi connectivity index (χ0n) is 13.1. The number of carbonyl (C=O) groups is 1. The van der Waals surface area contributed by atoms with Gasteiger partial charge in [0, 0.05) is 31.7 Å². The minimum atomic E-state index is -3.81. The first kappa shape index (κ1) is 17.8. The second kappa shape index (κ2) is 7.37. The molecule has 23 heavy (non-hydrogen) atoms. The van der Waals surface area contributed by atoms with E-state index in [1.54, 1.807) is 0 Å². The number of benzene rings is 1. The number of carbonyl (C=O) groups excluding carboxylic acids is 1. The molecule has 1 atom stereocenters. The molecule has 1 amide bonds. The number of rotatable bonds is 5. The summed E-state index contributed by atoms with van der Waals surface area (Å²) in [7, 11) is -3.81. The van der Waals surface area contributed by atoms with Crippen molar-refractivity contribution in [2.24, 2.45) is 11.7 Å². The van der Waals surface area contributed by atoms with Gasteiger partial charge in [0.15, 0.2) is 0 Å². The van der Waals surface area contributed by atoms with Crippen molar-refractivity contribution < 1.29 is 17.6 Å². The third-order valence-electron chi connectivity index (χ3n) is 4.03. The predicted molar refractivity (Wildman–Crippen MR) is 84.7 cm³/mol. The molecule has 1 unspecified atom stereocenters. The van der Waals surface area contributed by atoms with Gasteiger partial charge < -0.3 is 11.1 Å². The van der Waals surface area contributed by atoms with Gasteiger partial charge in [0.2, 0.25) is 15.9 Å². The molecule has 0 saturated carbocycles. The van der Waals surface area contributed by atoms with Gasteiger partial charge in [-0.15, -0.1) is 0 Å². The number of nitrogens with one attached hydrogen (secondary N) is 1. The third kappa shape index (κ3) is 3.88. The highest BCUT2D eigenvalue weighted by Gasteiger charge is 2.34. The van der Waals surface area contributed by atoms with Crippen molar-refractivity contribution in [2.45, 2.75) is 24.7 Å². The molecule has 1 saturated heterocycles. The van der Waals surface area contributed by atoms with Crippen LogP contribution >= 0.6 is 0 Å². The van der Waals surface area contributed by atoms with Crippen molar-refractivity contribution >= 4 is 15.9 Å². The highest BCUT2D eigenvalue weighted by molar-refractivity contribution is 7.89. The molecule has 1 fully saturated rings. The molecule has 1 aromatic rings. The van der Waals surface area contributed by atoms with Crippen molar-refractivity contribution in [2.75, 3.05) is 26.2 Å². The summed E-state index contributed by atoms with van der Waals surface area (Å²) in [5.41, 5.74) is 5.45. The zero-order valence-corrected chi connectivity index (χ0v) is 13.9. The Balaban J connectivity index is 2.20. The SMILES string of the molecule is Cc1c(F)cccc1S(=O)(=O)N1CCCC(C(=O)NCCN)C1. The summed E-state index contributed by atoms with van der Waals surface area (Å²) in [5, 5.41) is 2.69. The Morgan fingerprint density at radius 1 is 1.48 bits per heavy atom. The average molecular weight is 343 g/mol. The van der Waals surface area contributed by atoms with E-state index < -0.39 is 21.8 Å². The summed E-state index contributed by atoms with van der Waals surface area (Å²) < 4.78 is 40.4. The second-order valence-corrected chi connectivity index (χ2v) is 7.55. The van der Waals surface area contributed by atoms with Crippen LogP contribution in [-0.4, -0.2) is 44.8 Å². The fourth-order valence-electron chi connectivity index (χ4n) is 2.72. The Kier molecular flexibility index (Phi) is 5.72. The van der Waals surface area contributed by atoms with Crippen LogP contribution in [-0.2, 0) is 14.8 Å². The average Bonchev–Trinajstić information content (AvgIpc) is 2.55. The number of nitrogens with zero attached hydrogens (tertiary/aromatic N) is 1. The summed E-state index contributed by atoms with van der Waals surface area (Å²) in [6, 6.07) is 4.00. The van der Waals surface area contributed by atoms with Crippen molar-refractivity contribution in [3.8, 4) is 0 Å². The van der Waals surface area contributed by atoms with Crippen LogP contribution in [0, 0.1) is 18.7 Å². The smallest absolute Gasteiger partial charge is 0.243 e. The third-order valence-corrected chi connectivity index (χ3v) is 6.04. The first-order valence-electron chi connectivity index (χ1n) is 7.61. The van der Waals surface area contributed by atoms with Gasteiger partial charge in [-0.05, 0) is 31.9 Å². The van der Waals surface area contributed by atoms with Gasteiger partial charge in [-0.3, -0.25) is 4.79 Å². The van der Waals surface area contributed by atoms with Gasteiger partial charge in [0.25, 0.3) is 0 Å². The quantitative estimate of drug-likeness (QED) is 0.819. The maximum Gasteiger partial charge on any atom is 0.243 e. The van der Waals surface area contributed by atoms with E-state index in [0.29, 0.717) is 32.5 Å². The minimum absolute atomic E-state index is 0.0412. The molecule has 0 aromatic heterocycles. The molecule has 0 spiro atoms. The standard InChI is InChI=1S/C15H22FN3O3S/c1-11-13(16)5-2-6-14(11)23(21,22)19-9-3-4-12(10-19)15(20)18-8-7-17/h2,5-6,12H,3-4,7-10,17H2,1H3,(H,18,20). The Labute approximate surface area is 135 Å². The van der Waals surface area contributed by atoms with Gasteiger partial charge in [-0.1, -0.05) is 6.07 Å². The van der Waals surface area contributed by atoms with E-state index in [0.717, 1.165) is 0 Å². The van der Waals surface area contributed by atoms with Crippen LogP contribution in [0.25, 0.3) is 0 Å². The Morgan fingerprint density at radius 2 is 2.22 bits per heavy atom. The zero-order chi connectivity index (χ0) is 17.0. The van der Waals surface area contributed by atoms with Crippen molar-refractivity contribution in [3.63, 3.8) is 0 Å². The summed E-state index contributed by atoms with van der Waals surface area (Å²) in [5.74, 6) is -1.15. The predicted octanol–water partition coefficient (Wildman–Crippen LogP) is 0.610. The van der Waals surface area contributed by atoms with Crippen LogP contribution in [0.3, 0.4) is 0 Å². The van der Waals surface area contributed by atoms with Gasteiger partial charge in [0.1, 0.15) is 5.82 Å². The fourth-order valence-corrected chi connectivity index (χ4v) is 4.48. The lowest BCUT2D eigenvalue weighted by molar-refractivity contribution is -0.126. The summed E-state index contributed by atoms with van der Waals surface area (Å²) >= 11 is 0. The molecule has 3 N–H and O–H groups in total. The van der Waals surface area contributed by atoms with E-state index in [1.165, 1.54) is 29.4 Å². The maximum atomic E-state index is 13.7. The van der Waals surface area contributed by atoms with Gasteiger partial charge in [-0.2, -0.15) is 4.31 Å². The Hall–Kier alpha value is -1.51. The molecule has 1 aliphatic heterocycles. The molecule has 0 aliphatic carbocycles. The first-order chi connectivity index (χ1) is 10.9. The van der Waals surface area contributed by atoms with Crippen LogP contribution in [0.4, 0.5) is 4.39 Å². The topological polar surface area (TPSA) is 92.5 Å². The van der Waals surface area contributed by atoms with Crippen LogP contribution < -0.4 is 11.1 Å². The molecule has 128 valence electrons. The van der Waals surface area contributed by atoms with E-state index in [2.05, 4.69) is 5.32 Å². The fraction of sp³-hybridized carbons (Fsp3) is 0.533. The molecule has 8 heteroatoms. The summed E-state index contributed by atoms with van der Waals surface area (Å²) in [6.07, 6.45) is 1.22. The number of amides is 1. The number of hydrogen-bond acceptors (Lipinski definition) is 4. The van der Waals surface area contributed by atoms with Crippen LogP contribution in [0.5, 0.6) is 0 Å². The molecule has 6 nitrogen and oxygen atoms in total. The van der Waals surface area contributed by atoms with Crippen LogP contribution in [0.1, 0.15) is 18.4 Å². The number of sulfonamides is 1. The van der Waals surface area contributed by atoms with Crippen LogP contribution in [0.2, 0.25) is 0 Å². The molecule has 1 aromatic carbocycles. The maximum absolute atomic E-state index is 13.7. The molecule has 1 aliphatic rings.